The Balaban J connectivity index is 1.75. The molecule has 1 aliphatic heterocycles. The van der Waals surface area contributed by atoms with Gasteiger partial charge in [0.15, 0.2) is 0 Å². The Labute approximate surface area is 123 Å². The summed E-state index contributed by atoms with van der Waals surface area (Å²) in [7, 11) is 0. The lowest BCUT2D eigenvalue weighted by Crippen LogP contribution is -2.48. The number of nitrogens with zero attached hydrogens (tertiary/aromatic N) is 1. The summed E-state index contributed by atoms with van der Waals surface area (Å²) in [4.78, 5) is 14.5. The van der Waals surface area contributed by atoms with Gasteiger partial charge in [0.2, 0.25) is 5.91 Å². The summed E-state index contributed by atoms with van der Waals surface area (Å²) >= 11 is 0. The summed E-state index contributed by atoms with van der Waals surface area (Å²) in [5.74, 6) is 0.212. The van der Waals surface area contributed by atoms with Crippen molar-refractivity contribution in [3.8, 4) is 0 Å². The lowest BCUT2D eigenvalue weighted by Gasteiger charge is -2.30. The van der Waals surface area contributed by atoms with E-state index in [1.807, 2.05) is 0 Å². The summed E-state index contributed by atoms with van der Waals surface area (Å²) in [6, 6.07) is 1.42. The van der Waals surface area contributed by atoms with Crippen LogP contribution < -0.4 is 10.6 Å². The molecule has 2 fully saturated rings. The molecular formula is C16H31N3O. The molecule has 1 unspecified atom stereocenters. The fourth-order valence-corrected chi connectivity index (χ4v) is 3.36. The number of nitrogens with one attached hydrogen (secondary N) is 2. The van der Waals surface area contributed by atoms with Crippen molar-refractivity contribution in [2.75, 3.05) is 19.6 Å². The van der Waals surface area contributed by atoms with E-state index in [2.05, 4.69) is 29.4 Å². The van der Waals surface area contributed by atoms with E-state index in [0.29, 0.717) is 24.7 Å². The second kappa shape index (κ2) is 7.99. The van der Waals surface area contributed by atoms with Gasteiger partial charge in [0.1, 0.15) is 0 Å². The fourth-order valence-electron chi connectivity index (χ4n) is 3.36. The Hall–Kier alpha value is -0.610. The molecule has 1 saturated carbocycles. The van der Waals surface area contributed by atoms with Gasteiger partial charge in [-0.2, -0.15) is 0 Å². The lowest BCUT2D eigenvalue weighted by molar-refractivity contribution is -0.123. The van der Waals surface area contributed by atoms with Crippen molar-refractivity contribution in [2.45, 2.75) is 76.9 Å². The molecule has 1 atom stereocenters. The Kier molecular flexibility index (Phi) is 6.30. The zero-order valence-electron chi connectivity index (χ0n) is 13.2. The van der Waals surface area contributed by atoms with Crippen LogP contribution in [-0.4, -0.2) is 48.6 Å². The molecule has 20 heavy (non-hydrogen) atoms. The lowest BCUT2D eigenvalue weighted by atomic mass is 9.95. The standard InChI is InChI=1S/C16H31N3O/c1-13(2)19(11-15-9-6-10-17-15)12-16(20)18-14-7-4-3-5-8-14/h13-15,17H,3-12H2,1-2H3,(H,18,20). The first-order valence-electron chi connectivity index (χ1n) is 8.42. The molecule has 2 rings (SSSR count). The molecule has 4 heteroatoms. The minimum Gasteiger partial charge on any atom is -0.352 e. The van der Waals surface area contributed by atoms with Crippen molar-refractivity contribution in [1.82, 2.24) is 15.5 Å². The van der Waals surface area contributed by atoms with Gasteiger partial charge in [-0.1, -0.05) is 19.3 Å². The number of carbonyl (C=O) groups excluding carboxylic acids is 1. The normalized spacial score (nSPS) is 24.5. The van der Waals surface area contributed by atoms with E-state index in [1.165, 1.54) is 32.1 Å². The third-order valence-electron chi connectivity index (χ3n) is 4.66. The topological polar surface area (TPSA) is 44.4 Å². The molecule has 2 aliphatic rings. The third kappa shape index (κ3) is 5.06. The second-order valence-electron chi connectivity index (χ2n) is 6.72. The van der Waals surface area contributed by atoms with Gasteiger partial charge < -0.3 is 10.6 Å². The number of hydrogen-bond donors (Lipinski definition) is 2. The van der Waals surface area contributed by atoms with Gasteiger partial charge in [0, 0.05) is 24.7 Å². The first-order chi connectivity index (χ1) is 9.65. The van der Waals surface area contributed by atoms with Crippen molar-refractivity contribution in [3.05, 3.63) is 0 Å². The van der Waals surface area contributed by atoms with Crippen molar-refractivity contribution in [2.24, 2.45) is 0 Å². The van der Waals surface area contributed by atoms with Crippen LogP contribution in [0.15, 0.2) is 0 Å². The van der Waals surface area contributed by atoms with E-state index in [9.17, 15) is 4.79 Å². The predicted octanol–water partition coefficient (Wildman–Crippen LogP) is 1.90. The molecule has 0 bridgehead atoms. The van der Waals surface area contributed by atoms with E-state index in [4.69, 9.17) is 0 Å². The number of rotatable bonds is 6. The summed E-state index contributed by atoms with van der Waals surface area (Å²) < 4.78 is 0. The maximum Gasteiger partial charge on any atom is 0.234 e. The predicted molar refractivity (Wildman–Crippen MR) is 82.7 cm³/mol. The van der Waals surface area contributed by atoms with E-state index < -0.39 is 0 Å². The van der Waals surface area contributed by atoms with Gasteiger partial charge in [-0.15, -0.1) is 0 Å². The van der Waals surface area contributed by atoms with Gasteiger partial charge >= 0.3 is 0 Å². The third-order valence-corrected chi connectivity index (χ3v) is 4.66. The highest BCUT2D eigenvalue weighted by Crippen LogP contribution is 2.17. The first kappa shape index (κ1) is 15.8. The van der Waals surface area contributed by atoms with Crippen molar-refractivity contribution in [1.29, 1.82) is 0 Å². The van der Waals surface area contributed by atoms with Crippen LogP contribution in [0.1, 0.15) is 58.8 Å². The number of hydrogen-bond acceptors (Lipinski definition) is 3. The molecule has 1 heterocycles. The van der Waals surface area contributed by atoms with Crippen molar-refractivity contribution >= 4 is 5.91 Å². The summed E-state index contributed by atoms with van der Waals surface area (Å²) in [5, 5.41) is 6.75. The van der Waals surface area contributed by atoms with E-state index in [0.717, 1.165) is 25.9 Å². The Morgan fingerprint density at radius 1 is 1.20 bits per heavy atom. The van der Waals surface area contributed by atoms with Crippen LogP contribution in [0.4, 0.5) is 0 Å². The van der Waals surface area contributed by atoms with Gasteiger partial charge in [-0.25, -0.2) is 0 Å². The summed E-state index contributed by atoms with van der Waals surface area (Å²) in [6.45, 7) is 7.04. The molecule has 0 aromatic carbocycles. The average Bonchev–Trinajstić information content (AvgIpc) is 2.92. The van der Waals surface area contributed by atoms with Crippen LogP contribution in [0.2, 0.25) is 0 Å². The molecule has 0 radical (unpaired) electrons. The monoisotopic (exact) mass is 281 g/mol. The zero-order valence-corrected chi connectivity index (χ0v) is 13.2. The highest BCUT2D eigenvalue weighted by Gasteiger charge is 2.22. The van der Waals surface area contributed by atoms with E-state index >= 15 is 0 Å². The van der Waals surface area contributed by atoms with Gasteiger partial charge in [-0.3, -0.25) is 9.69 Å². The van der Waals surface area contributed by atoms with Gasteiger partial charge in [-0.05, 0) is 46.1 Å². The highest BCUT2D eigenvalue weighted by molar-refractivity contribution is 5.78. The van der Waals surface area contributed by atoms with Crippen LogP contribution in [0.5, 0.6) is 0 Å². The Bertz CT molecular complexity index is 294. The zero-order chi connectivity index (χ0) is 14.4. The highest BCUT2D eigenvalue weighted by atomic mass is 16.2. The molecule has 4 nitrogen and oxygen atoms in total. The quantitative estimate of drug-likeness (QED) is 0.781. The van der Waals surface area contributed by atoms with E-state index in [-0.39, 0.29) is 5.91 Å². The SMILES string of the molecule is CC(C)N(CC(=O)NC1CCCCC1)CC1CCCN1. The fraction of sp³-hybridized carbons (Fsp3) is 0.938. The molecule has 1 saturated heterocycles. The molecule has 0 aromatic heterocycles. The minimum atomic E-state index is 0.212. The van der Waals surface area contributed by atoms with Gasteiger partial charge in [0.25, 0.3) is 0 Å². The molecule has 1 aliphatic carbocycles. The maximum absolute atomic E-state index is 12.2. The number of amides is 1. The molecule has 2 N–H and O–H groups in total. The second-order valence-corrected chi connectivity index (χ2v) is 6.72. The van der Waals surface area contributed by atoms with Crippen LogP contribution in [0.3, 0.4) is 0 Å². The minimum absolute atomic E-state index is 0.212. The smallest absolute Gasteiger partial charge is 0.234 e. The van der Waals surface area contributed by atoms with Crippen LogP contribution in [0, 0.1) is 0 Å². The first-order valence-corrected chi connectivity index (χ1v) is 8.42. The average molecular weight is 281 g/mol. The van der Waals surface area contributed by atoms with Crippen LogP contribution in [-0.2, 0) is 4.79 Å². The summed E-state index contributed by atoms with van der Waals surface area (Å²) in [6.07, 6.45) is 8.71. The Morgan fingerprint density at radius 3 is 2.55 bits per heavy atom. The maximum atomic E-state index is 12.2. The molecule has 1 amide bonds. The molecule has 116 valence electrons. The Morgan fingerprint density at radius 2 is 1.95 bits per heavy atom. The van der Waals surface area contributed by atoms with E-state index in [1.54, 1.807) is 0 Å². The van der Waals surface area contributed by atoms with Crippen LogP contribution >= 0.6 is 0 Å². The van der Waals surface area contributed by atoms with Gasteiger partial charge in [0.05, 0.1) is 6.54 Å². The number of carbonyl (C=O) groups is 1. The molecule has 0 aromatic rings. The summed E-state index contributed by atoms with van der Waals surface area (Å²) in [5.41, 5.74) is 0. The largest absolute Gasteiger partial charge is 0.352 e. The molecule has 0 spiro atoms. The van der Waals surface area contributed by atoms with Crippen LogP contribution in [0.25, 0.3) is 0 Å². The molecular weight excluding hydrogens is 250 g/mol. The van der Waals surface area contributed by atoms with Crippen molar-refractivity contribution in [3.63, 3.8) is 0 Å². The van der Waals surface area contributed by atoms with Crippen molar-refractivity contribution < 1.29 is 4.79 Å².